The fraction of sp³-hybridized carbons (Fsp3) is 0.211. The Labute approximate surface area is 144 Å². The molecule has 126 valence electrons. The van der Waals surface area contributed by atoms with Crippen LogP contribution in [0.25, 0.3) is 0 Å². The van der Waals surface area contributed by atoms with Gasteiger partial charge in [0.2, 0.25) is 0 Å². The Bertz CT molecular complexity index is 886. The quantitative estimate of drug-likeness (QED) is 0.689. The maximum atomic E-state index is 13.7. The van der Waals surface area contributed by atoms with Crippen LogP contribution in [0, 0.1) is 23.0 Å². The summed E-state index contributed by atoms with van der Waals surface area (Å²) in [7, 11) is 0. The van der Waals surface area contributed by atoms with Crippen molar-refractivity contribution < 1.29 is 8.78 Å². The zero-order valence-electron chi connectivity index (χ0n) is 13.4. The summed E-state index contributed by atoms with van der Waals surface area (Å²) in [5, 5.41) is 14.0. The highest BCUT2D eigenvalue weighted by Gasteiger charge is 2.33. The van der Waals surface area contributed by atoms with E-state index in [9.17, 15) is 14.0 Å². The zero-order valence-corrected chi connectivity index (χ0v) is 13.4. The molecule has 4 nitrogen and oxygen atoms in total. The average Bonchev–Trinajstić information content (AvgIpc) is 3.12. The standard InChI is InChI=1S/C19H16F2N4/c20-17-5-1-3-15(9-17)7-8-19(11-22,12-25-14-23-13-24-25)16-4-2-6-18(21)10-16/h1-6,9-10,13-14H,7-8,12H2. The van der Waals surface area contributed by atoms with Crippen molar-refractivity contribution in [3.8, 4) is 6.07 Å². The van der Waals surface area contributed by atoms with Gasteiger partial charge in [-0.1, -0.05) is 24.3 Å². The molecule has 2 aromatic carbocycles. The first-order valence-electron chi connectivity index (χ1n) is 7.85. The van der Waals surface area contributed by atoms with E-state index in [4.69, 9.17) is 0 Å². The van der Waals surface area contributed by atoms with E-state index in [0.717, 1.165) is 5.56 Å². The van der Waals surface area contributed by atoms with Crippen LogP contribution in [0.1, 0.15) is 17.5 Å². The summed E-state index contributed by atoms with van der Waals surface area (Å²) in [6, 6.07) is 14.6. The van der Waals surface area contributed by atoms with Gasteiger partial charge in [0, 0.05) is 0 Å². The molecule has 0 aliphatic carbocycles. The smallest absolute Gasteiger partial charge is 0.137 e. The third kappa shape index (κ3) is 3.89. The third-order valence-corrected chi connectivity index (χ3v) is 4.22. The maximum Gasteiger partial charge on any atom is 0.137 e. The summed E-state index contributed by atoms with van der Waals surface area (Å²) in [5.74, 6) is -0.719. The number of nitrogens with zero attached hydrogens (tertiary/aromatic N) is 4. The molecule has 1 atom stereocenters. The molecule has 0 radical (unpaired) electrons. The Morgan fingerprint density at radius 2 is 1.84 bits per heavy atom. The Morgan fingerprint density at radius 1 is 1.08 bits per heavy atom. The molecule has 0 bridgehead atoms. The molecule has 6 heteroatoms. The predicted molar refractivity (Wildman–Crippen MR) is 88.4 cm³/mol. The normalized spacial score (nSPS) is 13.2. The van der Waals surface area contributed by atoms with Crippen molar-refractivity contribution in [3.63, 3.8) is 0 Å². The Balaban J connectivity index is 1.94. The highest BCUT2D eigenvalue weighted by molar-refractivity contribution is 5.33. The van der Waals surface area contributed by atoms with Gasteiger partial charge in [0.15, 0.2) is 0 Å². The first-order chi connectivity index (χ1) is 12.1. The molecule has 1 unspecified atom stereocenters. The number of hydrogen-bond acceptors (Lipinski definition) is 3. The van der Waals surface area contributed by atoms with Gasteiger partial charge >= 0.3 is 0 Å². The molecule has 0 saturated heterocycles. The molecule has 0 saturated carbocycles. The van der Waals surface area contributed by atoms with Crippen molar-refractivity contribution in [1.82, 2.24) is 14.8 Å². The van der Waals surface area contributed by atoms with Crippen LogP contribution in [0.5, 0.6) is 0 Å². The topological polar surface area (TPSA) is 54.5 Å². The minimum atomic E-state index is -0.998. The first-order valence-corrected chi connectivity index (χ1v) is 7.85. The summed E-state index contributed by atoms with van der Waals surface area (Å²) in [6.45, 7) is 0.238. The van der Waals surface area contributed by atoms with E-state index in [1.807, 2.05) is 6.07 Å². The molecule has 0 amide bonds. The van der Waals surface area contributed by atoms with E-state index >= 15 is 0 Å². The summed E-state index contributed by atoms with van der Waals surface area (Å²) >= 11 is 0. The van der Waals surface area contributed by atoms with Crippen LogP contribution in [0.4, 0.5) is 8.78 Å². The number of hydrogen-bond donors (Lipinski definition) is 0. The molecule has 0 spiro atoms. The van der Waals surface area contributed by atoms with Crippen molar-refractivity contribution >= 4 is 0 Å². The van der Waals surface area contributed by atoms with Crippen molar-refractivity contribution in [2.24, 2.45) is 0 Å². The molecule has 0 aliphatic rings. The fourth-order valence-corrected chi connectivity index (χ4v) is 2.90. The summed E-state index contributed by atoms with van der Waals surface area (Å²) < 4.78 is 28.7. The molecule has 1 heterocycles. The van der Waals surface area contributed by atoms with Crippen LogP contribution in [0.3, 0.4) is 0 Å². The average molecular weight is 338 g/mol. The van der Waals surface area contributed by atoms with E-state index in [1.165, 1.54) is 36.9 Å². The summed E-state index contributed by atoms with van der Waals surface area (Å²) in [5.41, 5.74) is 0.360. The minimum absolute atomic E-state index is 0.238. The molecular weight excluding hydrogens is 322 g/mol. The molecule has 0 aliphatic heterocycles. The van der Waals surface area contributed by atoms with Crippen LogP contribution in [0.2, 0.25) is 0 Å². The van der Waals surface area contributed by atoms with Gasteiger partial charge in [0.1, 0.15) is 29.7 Å². The number of benzene rings is 2. The van der Waals surface area contributed by atoms with E-state index in [1.54, 1.807) is 22.9 Å². The van der Waals surface area contributed by atoms with Crippen LogP contribution >= 0.6 is 0 Å². The molecular formula is C19H16F2N4. The highest BCUT2D eigenvalue weighted by Crippen LogP contribution is 2.31. The second kappa shape index (κ2) is 7.22. The fourth-order valence-electron chi connectivity index (χ4n) is 2.90. The van der Waals surface area contributed by atoms with Gasteiger partial charge in [-0.05, 0) is 48.2 Å². The monoisotopic (exact) mass is 338 g/mol. The number of halogens is 2. The van der Waals surface area contributed by atoms with E-state index in [0.29, 0.717) is 18.4 Å². The SMILES string of the molecule is N#CC(CCc1cccc(F)c1)(Cn1cncn1)c1cccc(F)c1. The lowest BCUT2D eigenvalue weighted by atomic mass is 9.77. The van der Waals surface area contributed by atoms with Gasteiger partial charge in [-0.3, -0.25) is 4.68 Å². The number of aromatic nitrogens is 3. The molecule has 1 aromatic heterocycles. The van der Waals surface area contributed by atoms with Gasteiger partial charge in [0.25, 0.3) is 0 Å². The van der Waals surface area contributed by atoms with Crippen molar-refractivity contribution in [1.29, 1.82) is 5.26 Å². The Morgan fingerprint density at radius 3 is 2.48 bits per heavy atom. The van der Waals surface area contributed by atoms with Crippen molar-refractivity contribution in [2.45, 2.75) is 24.8 Å². The Hall–Kier alpha value is -3.07. The molecule has 3 rings (SSSR count). The molecule has 0 N–H and O–H groups in total. The predicted octanol–water partition coefficient (Wildman–Crippen LogP) is 3.65. The maximum absolute atomic E-state index is 13.7. The number of aryl methyl sites for hydroxylation is 1. The van der Waals surface area contributed by atoms with Crippen molar-refractivity contribution in [2.75, 3.05) is 0 Å². The van der Waals surface area contributed by atoms with Gasteiger partial charge in [0.05, 0.1) is 12.6 Å². The van der Waals surface area contributed by atoms with Gasteiger partial charge < -0.3 is 0 Å². The first kappa shape index (κ1) is 16.8. The van der Waals surface area contributed by atoms with Crippen LogP contribution < -0.4 is 0 Å². The highest BCUT2D eigenvalue weighted by atomic mass is 19.1. The summed E-state index contributed by atoms with van der Waals surface area (Å²) in [6.07, 6.45) is 3.79. The Kier molecular flexibility index (Phi) is 4.85. The molecule has 3 aromatic rings. The van der Waals surface area contributed by atoms with Crippen LogP contribution in [0.15, 0.2) is 61.2 Å². The van der Waals surface area contributed by atoms with Crippen LogP contribution in [-0.2, 0) is 18.4 Å². The lowest BCUT2D eigenvalue weighted by Crippen LogP contribution is -2.31. The second-order valence-electron chi connectivity index (χ2n) is 5.93. The largest absolute Gasteiger partial charge is 0.251 e. The van der Waals surface area contributed by atoms with Gasteiger partial charge in [-0.2, -0.15) is 10.4 Å². The van der Waals surface area contributed by atoms with Crippen LogP contribution in [-0.4, -0.2) is 14.8 Å². The minimum Gasteiger partial charge on any atom is -0.251 e. The molecule has 0 fully saturated rings. The molecule has 25 heavy (non-hydrogen) atoms. The van der Waals surface area contributed by atoms with E-state index in [-0.39, 0.29) is 12.4 Å². The lowest BCUT2D eigenvalue weighted by molar-refractivity contribution is 0.400. The summed E-state index contributed by atoms with van der Waals surface area (Å²) in [4.78, 5) is 3.90. The lowest BCUT2D eigenvalue weighted by Gasteiger charge is -2.27. The number of rotatable bonds is 6. The second-order valence-corrected chi connectivity index (χ2v) is 5.93. The van der Waals surface area contributed by atoms with E-state index < -0.39 is 11.2 Å². The number of nitriles is 1. The van der Waals surface area contributed by atoms with E-state index in [2.05, 4.69) is 16.2 Å². The zero-order chi connectivity index (χ0) is 17.7. The van der Waals surface area contributed by atoms with Gasteiger partial charge in [-0.25, -0.2) is 13.8 Å². The third-order valence-electron chi connectivity index (χ3n) is 4.22. The van der Waals surface area contributed by atoms with Gasteiger partial charge in [-0.15, -0.1) is 0 Å². The van der Waals surface area contributed by atoms with Crippen molar-refractivity contribution in [3.05, 3.63) is 83.9 Å².